The number of hydrogen-bond acceptors (Lipinski definition) is 10. The van der Waals surface area contributed by atoms with Crippen LogP contribution in [-0.4, -0.2) is 89.2 Å². The van der Waals surface area contributed by atoms with Gasteiger partial charge in [0.15, 0.2) is 0 Å². The summed E-state index contributed by atoms with van der Waals surface area (Å²) in [5.74, 6) is -2.57. The molecule has 3 fully saturated rings. The summed E-state index contributed by atoms with van der Waals surface area (Å²) in [4.78, 5) is 71.2. The first-order valence-corrected chi connectivity index (χ1v) is 19.5. The van der Waals surface area contributed by atoms with E-state index in [-0.39, 0.29) is 38.9 Å². The molecule has 5 amide bonds. The standard InChI is InChI=1S/C36H46N6O9S/c1-35(2,3)51-33(46)38-28-10-8-6-4-5-7-9-25-17-36(25,32(45)40-52(48,49)27-13-14-27)39-30(43)29-16-26(21-42(29)31(28)44)50-34(47)41-19-23-12-11-22(18-37)15-24(23)20-41/h7,9,11-12,15,25-29H,4-6,8,10,13-14,16-17,19-21H2,1-3H3,(H,38,46)(H,39,43)(H,40,45)/t25-,26-,28+,29+,36-/m1/s1. The highest BCUT2D eigenvalue weighted by Crippen LogP contribution is 2.46. The largest absolute Gasteiger partial charge is 0.444 e. The normalized spacial score (nSPS) is 27.8. The van der Waals surface area contributed by atoms with Crippen molar-refractivity contribution in [2.24, 2.45) is 5.92 Å². The lowest BCUT2D eigenvalue weighted by Crippen LogP contribution is -2.58. The Labute approximate surface area is 303 Å². The number of hydrogen-bond donors (Lipinski definition) is 3. The molecule has 1 aromatic rings. The number of carbonyl (C=O) groups is 5. The number of nitrogens with zero attached hydrogens (tertiary/aromatic N) is 3. The molecule has 2 saturated carbocycles. The number of allylic oxidation sites excluding steroid dienone is 1. The molecule has 2 aliphatic carbocycles. The van der Waals surface area contributed by atoms with Crippen LogP contribution in [0.4, 0.5) is 9.59 Å². The van der Waals surface area contributed by atoms with Gasteiger partial charge < -0.3 is 25.0 Å². The first-order valence-electron chi connectivity index (χ1n) is 17.9. The van der Waals surface area contributed by atoms with Crippen LogP contribution in [0, 0.1) is 17.2 Å². The zero-order valence-electron chi connectivity index (χ0n) is 29.7. The van der Waals surface area contributed by atoms with Gasteiger partial charge in [-0.15, -0.1) is 0 Å². The number of carbonyl (C=O) groups excluding carboxylic acids is 5. The van der Waals surface area contributed by atoms with E-state index in [1.165, 1.54) is 9.80 Å². The minimum Gasteiger partial charge on any atom is -0.444 e. The number of nitrogens with one attached hydrogen (secondary N) is 3. The lowest BCUT2D eigenvalue weighted by Gasteiger charge is -2.30. The fraction of sp³-hybridized carbons (Fsp3) is 0.611. The number of rotatable bonds is 5. The summed E-state index contributed by atoms with van der Waals surface area (Å²) in [6, 6.07) is 5.01. The maximum atomic E-state index is 14.3. The molecule has 0 unspecified atom stereocenters. The number of ether oxygens (including phenoxy) is 2. The molecular weight excluding hydrogens is 692 g/mol. The van der Waals surface area contributed by atoms with Gasteiger partial charge in [-0.2, -0.15) is 5.26 Å². The number of amides is 5. The Bertz CT molecular complexity index is 1810. The summed E-state index contributed by atoms with van der Waals surface area (Å²) >= 11 is 0. The van der Waals surface area contributed by atoms with Crippen LogP contribution in [0.3, 0.4) is 0 Å². The van der Waals surface area contributed by atoms with Crippen LogP contribution in [0.5, 0.6) is 0 Å². The molecule has 0 bridgehead atoms. The van der Waals surface area contributed by atoms with Gasteiger partial charge in [0.25, 0.3) is 5.91 Å². The van der Waals surface area contributed by atoms with E-state index in [9.17, 15) is 37.7 Å². The van der Waals surface area contributed by atoms with E-state index in [1.54, 1.807) is 39.0 Å². The van der Waals surface area contributed by atoms with E-state index < -0.39 is 80.4 Å². The summed E-state index contributed by atoms with van der Waals surface area (Å²) < 4.78 is 39.0. The Morgan fingerprint density at radius 2 is 1.81 bits per heavy atom. The summed E-state index contributed by atoms with van der Waals surface area (Å²) in [5.41, 5.74) is -0.208. The van der Waals surface area contributed by atoms with Gasteiger partial charge in [-0.3, -0.25) is 24.0 Å². The first-order chi connectivity index (χ1) is 24.6. The maximum absolute atomic E-state index is 14.3. The Morgan fingerprint density at radius 3 is 2.52 bits per heavy atom. The smallest absolute Gasteiger partial charge is 0.410 e. The number of sulfonamides is 1. The van der Waals surface area contributed by atoms with Gasteiger partial charge in [-0.1, -0.05) is 31.1 Å². The fourth-order valence-corrected chi connectivity index (χ4v) is 8.47. The number of alkyl carbamates (subject to hydrolysis) is 1. The maximum Gasteiger partial charge on any atom is 0.410 e. The second-order valence-electron chi connectivity index (χ2n) is 15.4. The lowest BCUT2D eigenvalue weighted by atomic mass is 10.0. The second kappa shape index (κ2) is 14.4. The van der Waals surface area contributed by atoms with Gasteiger partial charge >= 0.3 is 12.2 Å². The van der Waals surface area contributed by atoms with Crippen molar-refractivity contribution in [2.75, 3.05) is 6.54 Å². The predicted octanol–water partition coefficient (Wildman–Crippen LogP) is 2.88. The highest BCUT2D eigenvalue weighted by atomic mass is 32.2. The first kappa shape index (κ1) is 37.1. The number of nitriles is 1. The summed E-state index contributed by atoms with van der Waals surface area (Å²) in [6.07, 6.45) is 5.37. The quantitative estimate of drug-likeness (QED) is 0.377. The van der Waals surface area contributed by atoms with Crippen LogP contribution in [0.1, 0.15) is 95.2 Å². The third-order valence-corrected chi connectivity index (χ3v) is 11.9. The minimum absolute atomic E-state index is 0.0968. The SMILES string of the molecule is CC(C)(C)OC(=O)N[C@H]1CCCCCC=C[C@@H]2C[C@@]2(C(=O)NS(=O)(=O)C2CC2)NC(=O)[C@@H]2C[C@@H](OC(=O)N3Cc4ccc(C#N)cc4C3)CN2C1=O. The third-order valence-electron chi connectivity index (χ3n) is 10.1. The zero-order valence-corrected chi connectivity index (χ0v) is 30.5. The molecule has 0 aromatic heterocycles. The topological polar surface area (TPSA) is 204 Å². The molecule has 3 N–H and O–H groups in total. The van der Waals surface area contributed by atoms with Crippen LogP contribution in [0.2, 0.25) is 0 Å². The molecule has 1 aromatic carbocycles. The van der Waals surface area contributed by atoms with E-state index in [0.29, 0.717) is 31.2 Å². The van der Waals surface area contributed by atoms with E-state index in [1.807, 2.05) is 12.2 Å². The van der Waals surface area contributed by atoms with Crippen molar-refractivity contribution in [3.05, 3.63) is 47.0 Å². The molecule has 52 heavy (non-hydrogen) atoms. The van der Waals surface area contributed by atoms with E-state index >= 15 is 0 Å². The summed E-state index contributed by atoms with van der Waals surface area (Å²) in [6.45, 7) is 5.43. The van der Waals surface area contributed by atoms with Crippen molar-refractivity contribution in [3.8, 4) is 6.07 Å². The monoisotopic (exact) mass is 738 g/mol. The molecular formula is C36H46N6O9S. The average molecular weight is 739 g/mol. The number of fused-ring (bicyclic) bond motifs is 3. The van der Waals surface area contributed by atoms with Crippen molar-refractivity contribution in [1.29, 1.82) is 5.26 Å². The zero-order chi connectivity index (χ0) is 37.4. The van der Waals surface area contributed by atoms with E-state index in [2.05, 4.69) is 21.4 Å². The summed E-state index contributed by atoms with van der Waals surface area (Å²) in [7, 11) is -3.91. The van der Waals surface area contributed by atoms with Crippen molar-refractivity contribution < 1.29 is 41.9 Å². The van der Waals surface area contributed by atoms with Gasteiger partial charge in [-0.25, -0.2) is 18.0 Å². The molecule has 5 aliphatic rings. The van der Waals surface area contributed by atoms with Crippen LogP contribution < -0.4 is 15.4 Å². The Balaban J connectivity index is 1.24. The molecule has 0 spiro atoms. The van der Waals surface area contributed by atoms with Crippen molar-refractivity contribution in [2.45, 2.75) is 126 Å². The van der Waals surface area contributed by atoms with Crippen LogP contribution in [0.15, 0.2) is 30.4 Å². The van der Waals surface area contributed by atoms with Crippen molar-refractivity contribution in [3.63, 3.8) is 0 Å². The molecule has 0 radical (unpaired) electrons. The molecule has 280 valence electrons. The highest BCUT2D eigenvalue weighted by molar-refractivity contribution is 7.91. The van der Waals surface area contributed by atoms with Crippen molar-refractivity contribution >= 4 is 39.9 Å². The van der Waals surface area contributed by atoms with Gasteiger partial charge in [0, 0.05) is 25.4 Å². The van der Waals surface area contributed by atoms with Gasteiger partial charge in [0.1, 0.15) is 29.3 Å². The van der Waals surface area contributed by atoms with Crippen LogP contribution >= 0.6 is 0 Å². The summed E-state index contributed by atoms with van der Waals surface area (Å²) in [5, 5.41) is 14.1. The third kappa shape index (κ3) is 8.35. The molecule has 16 heteroatoms. The van der Waals surface area contributed by atoms with Crippen molar-refractivity contribution in [1.82, 2.24) is 25.2 Å². The predicted molar refractivity (Wildman–Crippen MR) is 185 cm³/mol. The molecule has 6 rings (SSSR count). The molecule has 1 saturated heterocycles. The molecule has 5 atom stereocenters. The van der Waals surface area contributed by atoms with Gasteiger partial charge in [0.05, 0.1) is 23.4 Å². The van der Waals surface area contributed by atoms with Gasteiger partial charge in [0.2, 0.25) is 21.8 Å². The lowest BCUT2D eigenvalue weighted by molar-refractivity contribution is -0.141. The Morgan fingerprint density at radius 1 is 1.06 bits per heavy atom. The Kier molecular flexibility index (Phi) is 10.3. The molecule has 15 nitrogen and oxygen atoms in total. The minimum atomic E-state index is -3.91. The molecule has 3 aliphatic heterocycles. The number of benzene rings is 1. The second-order valence-corrected chi connectivity index (χ2v) is 17.4. The van der Waals surface area contributed by atoms with Gasteiger partial charge in [-0.05, 0) is 82.6 Å². The van der Waals surface area contributed by atoms with E-state index in [0.717, 1.165) is 24.0 Å². The van der Waals surface area contributed by atoms with E-state index in [4.69, 9.17) is 9.47 Å². The fourth-order valence-electron chi connectivity index (χ4n) is 7.11. The Hall–Kier alpha value is -4.65. The highest BCUT2D eigenvalue weighted by Gasteiger charge is 2.62. The molecule has 3 heterocycles. The average Bonchev–Trinajstić information content (AvgIpc) is 3.96. The van der Waals surface area contributed by atoms with Crippen LogP contribution in [-0.2, 0) is 47.0 Å². The van der Waals surface area contributed by atoms with Crippen LogP contribution in [0.25, 0.3) is 0 Å².